The Balaban J connectivity index is 1.74. The predicted molar refractivity (Wildman–Crippen MR) is 85.5 cm³/mol. The summed E-state index contributed by atoms with van der Waals surface area (Å²) in [6.07, 6.45) is -3.00. The molecule has 0 atom stereocenters. The molecule has 0 radical (unpaired) electrons. The molecule has 0 aromatic heterocycles. The van der Waals surface area contributed by atoms with Crippen molar-refractivity contribution in [3.8, 4) is 0 Å². The van der Waals surface area contributed by atoms with Crippen LogP contribution in [-0.2, 0) is 25.9 Å². The molecule has 2 fully saturated rings. The summed E-state index contributed by atoms with van der Waals surface area (Å²) in [6.45, 7) is 0.563. The molecule has 1 saturated heterocycles. The average Bonchev–Trinajstić information content (AvgIpc) is 3.42. The fourth-order valence-corrected chi connectivity index (χ4v) is 3.41. The highest BCUT2D eigenvalue weighted by Crippen LogP contribution is 2.49. The van der Waals surface area contributed by atoms with Crippen molar-refractivity contribution in [3.63, 3.8) is 0 Å². The van der Waals surface area contributed by atoms with Gasteiger partial charge in [-0.3, -0.25) is 9.59 Å². The van der Waals surface area contributed by atoms with Crippen LogP contribution in [0.1, 0.15) is 36.8 Å². The zero-order chi connectivity index (χ0) is 19.0. The van der Waals surface area contributed by atoms with Crippen molar-refractivity contribution in [3.05, 3.63) is 35.4 Å². The van der Waals surface area contributed by atoms with E-state index in [4.69, 9.17) is 4.74 Å². The van der Waals surface area contributed by atoms with Crippen LogP contribution in [0.15, 0.2) is 24.3 Å². The maximum atomic E-state index is 12.9. The number of nitrogens with one attached hydrogen (secondary N) is 1. The zero-order valence-corrected chi connectivity index (χ0v) is 14.1. The third kappa shape index (κ3) is 3.42. The van der Waals surface area contributed by atoms with Crippen molar-refractivity contribution in [1.29, 1.82) is 0 Å². The van der Waals surface area contributed by atoms with Gasteiger partial charge in [0.05, 0.1) is 16.4 Å². The molecule has 2 N–H and O–H groups in total. The summed E-state index contributed by atoms with van der Waals surface area (Å²) in [6, 6.07) is 4.79. The molecule has 1 aromatic carbocycles. The lowest BCUT2D eigenvalue weighted by Crippen LogP contribution is -2.48. The quantitative estimate of drug-likeness (QED) is 0.835. The lowest BCUT2D eigenvalue weighted by atomic mass is 9.80. The Hall–Kier alpha value is -2.09. The normalized spacial score (nSPS) is 21.0. The van der Waals surface area contributed by atoms with Crippen LogP contribution in [-0.4, -0.2) is 36.7 Å². The summed E-state index contributed by atoms with van der Waals surface area (Å²) in [4.78, 5) is 24.3. The Morgan fingerprint density at radius 2 is 1.81 bits per heavy atom. The number of aliphatic carboxylic acids is 1. The van der Waals surface area contributed by atoms with E-state index in [1.165, 1.54) is 12.1 Å². The van der Waals surface area contributed by atoms with Gasteiger partial charge in [0.15, 0.2) is 0 Å². The third-order valence-electron chi connectivity index (χ3n) is 5.42. The van der Waals surface area contributed by atoms with Gasteiger partial charge in [0.25, 0.3) is 0 Å². The van der Waals surface area contributed by atoms with Crippen molar-refractivity contribution in [2.75, 3.05) is 19.8 Å². The Kier molecular flexibility index (Phi) is 4.72. The van der Waals surface area contributed by atoms with Crippen LogP contribution < -0.4 is 5.32 Å². The minimum Gasteiger partial charge on any atom is -0.481 e. The van der Waals surface area contributed by atoms with Crippen molar-refractivity contribution in [2.24, 2.45) is 5.41 Å². The molecular weight excluding hydrogens is 351 g/mol. The van der Waals surface area contributed by atoms with Crippen LogP contribution in [0.5, 0.6) is 0 Å². The molecule has 1 amide bonds. The van der Waals surface area contributed by atoms with Crippen LogP contribution in [0.25, 0.3) is 0 Å². The van der Waals surface area contributed by atoms with Gasteiger partial charge in [-0.15, -0.1) is 0 Å². The zero-order valence-electron chi connectivity index (χ0n) is 14.1. The van der Waals surface area contributed by atoms with Crippen molar-refractivity contribution >= 4 is 11.9 Å². The van der Waals surface area contributed by atoms with E-state index in [0.717, 1.165) is 12.1 Å². The molecule has 1 aliphatic heterocycles. The number of hydrogen-bond acceptors (Lipinski definition) is 3. The Morgan fingerprint density at radius 3 is 2.35 bits per heavy atom. The van der Waals surface area contributed by atoms with Gasteiger partial charge in [-0.05, 0) is 37.3 Å². The number of benzene rings is 1. The number of carboxylic acids is 1. The van der Waals surface area contributed by atoms with E-state index in [1.807, 2.05) is 0 Å². The van der Waals surface area contributed by atoms with E-state index in [1.54, 1.807) is 0 Å². The van der Waals surface area contributed by atoms with E-state index >= 15 is 0 Å². The number of rotatable bonds is 5. The standard InChI is InChI=1S/C18H20F3NO4/c19-18(20,21)13-3-1-2-12(10-13)17(4-5-17)14(23)22-11-16(15(24)25)6-8-26-9-7-16/h1-3,10H,4-9,11H2,(H,22,23)(H,24,25). The fraction of sp³-hybridized carbons (Fsp3) is 0.556. The number of ether oxygens (including phenoxy) is 1. The minimum absolute atomic E-state index is 0.0504. The van der Waals surface area contributed by atoms with Crippen LogP contribution in [0, 0.1) is 5.41 Å². The van der Waals surface area contributed by atoms with E-state index < -0.39 is 34.4 Å². The summed E-state index contributed by atoms with van der Waals surface area (Å²) in [5, 5.41) is 12.2. The molecule has 3 rings (SSSR count). The van der Waals surface area contributed by atoms with Crippen molar-refractivity contribution in [2.45, 2.75) is 37.3 Å². The largest absolute Gasteiger partial charge is 0.481 e. The minimum atomic E-state index is -4.47. The molecule has 1 aliphatic carbocycles. The fourth-order valence-electron chi connectivity index (χ4n) is 3.41. The number of carboxylic acid groups (broad SMARTS) is 1. The van der Waals surface area contributed by atoms with Crippen molar-refractivity contribution in [1.82, 2.24) is 5.32 Å². The van der Waals surface area contributed by atoms with Gasteiger partial charge in [0.1, 0.15) is 0 Å². The second-order valence-electron chi connectivity index (χ2n) is 7.04. The lowest BCUT2D eigenvalue weighted by molar-refractivity contribution is -0.154. The predicted octanol–water partition coefficient (Wildman–Crippen LogP) is 2.73. The molecule has 0 bridgehead atoms. The van der Waals surface area contributed by atoms with Gasteiger partial charge in [-0.2, -0.15) is 13.2 Å². The van der Waals surface area contributed by atoms with Gasteiger partial charge in [0, 0.05) is 19.8 Å². The van der Waals surface area contributed by atoms with Gasteiger partial charge in [0.2, 0.25) is 5.91 Å². The first-order valence-electron chi connectivity index (χ1n) is 8.47. The highest BCUT2D eigenvalue weighted by Gasteiger charge is 2.52. The van der Waals surface area contributed by atoms with E-state index in [9.17, 15) is 27.9 Å². The molecule has 0 spiro atoms. The second-order valence-corrected chi connectivity index (χ2v) is 7.04. The number of hydrogen-bond donors (Lipinski definition) is 2. The van der Waals surface area contributed by atoms with Gasteiger partial charge in [-0.1, -0.05) is 18.2 Å². The number of carbonyl (C=O) groups excluding carboxylic acids is 1. The molecule has 142 valence electrons. The Bertz CT molecular complexity index is 707. The second kappa shape index (κ2) is 6.57. The summed E-state index contributed by atoms with van der Waals surface area (Å²) >= 11 is 0. The molecule has 1 heterocycles. The van der Waals surface area contributed by atoms with E-state index in [-0.39, 0.29) is 6.54 Å². The Labute approximate surface area is 148 Å². The number of carbonyl (C=O) groups is 2. The molecule has 26 heavy (non-hydrogen) atoms. The summed E-state index contributed by atoms with van der Waals surface area (Å²) in [5.41, 5.74) is -2.55. The highest BCUT2D eigenvalue weighted by atomic mass is 19.4. The summed E-state index contributed by atoms with van der Waals surface area (Å²) < 4.78 is 44.0. The lowest BCUT2D eigenvalue weighted by Gasteiger charge is -2.33. The smallest absolute Gasteiger partial charge is 0.416 e. The maximum Gasteiger partial charge on any atom is 0.416 e. The highest BCUT2D eigenvalue weighted by molar-refractivity contribution is 5.91. The monoisotopic (exact) mass is 371 g/mol. The number of alkyl halides is 3. The first kappa shape index (κ1) is 18.7. The van der Waals surface area contributed by atoms with E-state index in [2.05, 4.69) is 5.32 Å². The van der Waals surface area contributed by atoms with Crippen LogP contribution in [0.2, 0.25) is 0 Å². The van der Waals surface area contributed by atoms with Crippen molar-refractivity contribution < 1.29 is 32.6 Å². The molecular formula is C18H20F3NO4. The molecule has 8 heteroatoms. The SMILES string of the molecule is O=C(O)C1(CNC(=O)C2(c3cccc(C(F)(F)F)c3)CC2)CCOCC1. The topological polar surface area (TPSA) is 75.6 Å². The first-order valence-corrected chi connectivity index (χ1v) is 8.47. The first-order chi connectivity index (χ1) is 12.2. The maximum absolute atomic E-state index is 12.9. The molecule has 0 unspecified atom stereocenters. The third-order valence-corrected chi connectivity index (χ3v) is 5.42. The van der Waals surface area contributed by atoms with Gasteiger partial charge in [-0.25, -0.2) is 0 Å². The van der Waals surface area contributed by atoms with E-state index in [0.29, 0.717) is 44.5 Å². The van der Waals surface area contributed by atoms with Crippen LogP contribution >= 0.6 is 0 Å². The summed E-state index contributed by atoms with van der Waals surface area (Å²) in [5.74, 6) is -1.41. The summed E-state index contributed by atoms with van der Waals surface area (Å²) in [7, 11) is 0. The van der Waals surface area contributed by atoms with Gasteiger partial charge >= 0.3 is 12.1 Å². The molecule has 2 aliphatic rings. The molecule has 1 aromatic rings. The van der Waals surface area contributed by atoms with Gasteiger partial charge < -0.3 is 15.2 Å². The Morgan fingerprint density at radius 1 is 1.15 bits per heavy atom. The molecule has 1 saturated carbocycles. The number of amides is 1. The van der Waals surface area contributed by atoms with Crippen LogP contribution in [0.3, 0.4) is 0 Å². The average molecular weight is 371 g/mol. The van der Waals surface area contributed by atoms with Crippen LogP contribution in [0.4, 0.5) is 13.2 Å². The number of halogens is 3. The molecule has 5 nitrogen and oxygen atoms in total.